The first-order chi connectivity index (χ1) is 13.9. The van der Waals surface area contributed by atoms with Gasteiger partial charge in [0.2, 0.25) is 0 Å². The molecule has 2 aliphatic rings. The van der Waals surface area contributed by atoms with Crippen LogP contribution in [0.4, 0.5) is 0 Å². The van der Waals surface area contributed by atoms with Gasteiger partial charge in [-0.1, -0.05) is 30.3 Å². The summed E-state index contributed by atoms with van der Waals surface area (Å²) in [6.45, 7) is 0.274. The number of carbonyl (C=O) groups is 4. The van der Waals surface area contributed by atoms with E-state index in [1.165, 1.54) is 23.1 Å². The van der Waals surface area contributed by atoms with Crippen LogP contribution in [-0.2, 0) is 11.2 Å². The Hall–Kier alpha value is -3.48. The maximum atomic E-state index is 12.7. The van der Waals surface area contributed by atoms with Gasteiger partial charge in [0.15, 0.2) is 0 Å². The van der Waals surface area contributed by atoms with Crippen LogP contribution in [0.3, 0.4) is 0 Å². The number of nitrogens with one attached hydrogen (secondary N) is 1. The summed E-state index contributed by atoms with van der Waals surface area (Å²) in [6.07, 6.45) is 1.36. The van der Waals surface area contributed by atoms with Crippen molar-refractivity contribution < 1.29 is 24.3 Å². The van der Waals surface area contributed by atoms with Crippen molar-refractivity contribution in [1.29, 1.82) is 0 Å². The third-order valence-corrected chi connectivity index (χ3v) is 5.52. The number of carboxylic acid groups (broad SMARTS) is 1. The minimum atomic E-state index is -0.854. The number of amides is 3. The number of benzene rings is 2. The summed E-state index contributed by atoms with van der Waals surface area (Å²) in [5.41, 5.74) is 1.85. The molecule has 0 aromatic heterocycles. The molecule has 148 valence electrons. The van der Waals surface area contributed by atoms with Gasteiger partial charge in [0.1, 0.15) is 0 Å². The average molecular weight is 392 g/mol. The molecular weight excluding hydrogens is 372 g/mol. The zero-order valence-corrected chi connectivity index (χ0v) is 15.6. The van der Waals surface area contributed by atoms with E-state index in [1.807, 2.05) is 30.3 Å². The molecule has 2 aromatic rings. The summed E-state index contributed by atoms with van der Waals surface area (Å²) in [5, 5.41) is 11.7. The second kappa shape index (κ2) is 7.50. The highest BCUT2D eigenvalue weighted by Gasteiger charge is 2.37. The Bertz CT molecular complexity index is 996. The Morgan fingerprint density at radius 3 is 2.38 bits per heavy atom. The van der Waals surface area contributed by atoms with Crippen molar-refractivity contribution in [3.63, 3.8) is 0 Å². The number of imide groups is 1. The summed E-state index contributed by atoms with van der Waals surface area (Å²) < 4.78 is 0. The number of rotatable bonds is 6. The molecule has 1 aliphatic carbocycles. The van der Waals surface area contributed by atoms with Crippen molar-refractivity contribution >= 4 is 23.7 Å². The highest BCUT2D eigenvalue weighted by Crippen LogP contribution is 2.28. The van der Waals surface area contributed by atoms with Crippen molar-refractivity contribution in [3.8, 4) is 0 Å². The largest absolute Gasteiger partial charge is 0.481 e. The van der Waals surface area contributed by atoms with E-state index in [9.17, 15) is 19.2 Å². The van der Waals surface area contributed by atoms with Gasteiger partial charge in [-0.25, -0.2) is 0 Å². The molecule has 0 saturated heterocycles. The molecule has 1 heterocycles. The first-order valence-corrected chi connectivity index (χ1v) is 9.52. The molecule has 1 aliphatic heterocycles. The van der Waals surface area contributed by atoms with Gasteiger partial charge >= 0.3 is 5.97 Å². The lowest BCUT2D eigenvalue weighted by atomic mass is 9.80. The SMILES string of the molecule is O=C(NC1CC(C(=O)O)C1)c1ccc2c(c1)C(=O)N(CCc1ccccc1)C2=O. The zero-order chi connectivity index (χ0) is 20.5. The lowest BCUT2D eigenvalue weighted by molar-refractivity contribution is -0.145. The van der Waals surface area contributed by atoms with Crippen LogP contribution in [0.1, 0.15) is 49.5 Å². The molecule has 29 heavy (non-hydrogen) atoms. The quantitative estimate of drug-likeness (QED) is 0.733. The molecule has 0 bridgehead atoms. The molecule has 7 nitrogen and oxygen atoms in total. The molecular formula is C22H20N2O5. The topological polar surface area (TPSA) is 104 Å². The minimum absolute atomic E-state index is 0.184. The van der Waals surface area contributed by atoms with Crippen molar-refractivity contribution in [3.05, 3.63) is 70.8 Å². The maximum Gasteiger partial charge on any atom is 0.306 e. The number of hydrogen-bond acceptors (Lipinski definition) is 4. The van der Waals surface area contributed by atoms with Crippen LogP contribution in [0.2, 0.25) is 0 Å². The van der Waals surface area contributed by atoms with E-state index in [2.05, 4.69) is 5.32 Å². The molecule has 1 saturated carbocycles. The fraction of sp³-hybridized carbons (Fsp3) is 0.273. The molecule has 2 N–H and O–H groups in total. The van der Waals surface area contributed by atoms with Gasteiger partial charge in [-0.15, -0.1) is 0 Å². The Morgan fingerprint density at radius 2 is 1.69 bits per heavy atom. The van der Waals surface area contributed by atoms with Crippen molar-refractivity contribution in [2.24, 2.45) is 5.92 Å². The van der Waals surface area contributed by atoms with Crippen LogP contribution in [0.25, 0.3) is 0 Å². The highest BCUT2D eigenvalue weighted by molar-refractivity contribution is 6.22. The summed E-state index contributed by atoms with van der Waals surface area (Å²) in [4.78, 5) is 49.8. The van der Waals surface area contributed by atoms with Crippen molar-refractivity contribution in [2.45, 2.75) is 25.3 Å². The van der Waals surface area contributed by atoms with Crippen LogP contribution in [-0.4, -0.2) is 46.3 Å². The van der Waals surface area contributed by atoms with E-state index < -0.39 is 17.8 Å². The van der Waals surface area contributed by atoms with E-state index >= 15 is 0 Å². The molecule has 0 spiro atoms. The summed E-state index contributed by atoms with van der Waals surface area (Å²) in [6, 6.07) is 13.9. The number of hydrogen-bond donors (Lipinski definition) is 2. The zero-order valence-electron chi connectivity index (χ0n) is 15.6. The Balaban J connectivity index is 1.43. The lowest BCUT2D eigenvalue weighted by Gasteiger charge is -2.32. The minimum Gasteiger partial charge on any atom is -0.481 e. The van der Waals surface area contributed by atoms with Crippen molar-refractivity contribution in [1.82, 2.24) is 10.2 Å². The second-order valence-corrected chi connectivity index (χ2v) is 7.43. The Morgan fingerprint density at radius 1 is 1.00 bits per heavy atom. The molecule has 0 atom stereocenters. The Kier molecular flexibility index (Phi) is 4.88. The summed E-state index contributed by atoms with van der Waals surface area (Å²) in [7, 11) is 0. The van der Waals surface area contributed by atoms with Crippen molar-refractivity contribution in [2.75, 3.05) is 6.54 Å². The van der Waals surface area contributed by atoms with Crippen LogP contribution >= 0.6 is 0 Å². The van der Waals surface area contributed by atoms with E-state index in [0.717, 1.165) is 5.56 Å². The number of nitrogens with zero attached hydrogens (tertiary/aromatic N) is 1. The number of carbonyl (C=O) groups excluding carboxylic acids is 3. The van der Waals surface area contributed by atoms with E-state index in [1.54, 1.807) is 0 Å². The summed E-state index contributed by atoms with van der Waals surface area (Å²) >= 11 is 0. The summed E-state index contributed by atoms with van der Waals surface area (Å²) in [5.74, 6) is -2.39. The number of carboxylic acids is 1. The van der Waals surface area contributed by atoms with Gasteiger partial charge in [0.05, 0.1) is 17.0 Å². The fourth-order valence-corrected chi connectivity index (χ4v) is 3.73. The molecule has 4 rings (SSSR count). The predicted octanol–water partition coefficient (Wildman–Crippen LogP) is 2.12. The molecule has 7 heteroatoms. The normalized spacial score (nSPS) is 20.2. The first kappa shape index (κ1) is 18.9. The number of aliphatic carboxylic acids is 1. The van der Waals surface area contributed by atoms with Gasteiger partial charge in [-0.3, -0.25) is 24.1 Å². The van der Waals surface area contributed by atoms with E-state index in [4.69, 9.17) is 5.11 Å². The smallest absolute Gasteiger partial charge is 0.306 e. The Labute approximate surface area is 167 Å². The third kappa shape index (κ3) is 3.63. The van der Waals surface area contributed by atoms with E-state index in [-0.39, 0.29) is 35.5 Å². The monoisotopic (exact) mass is 392 g/mol. The molecule has 3 amide bonds. The van der Waals surface area contributed by atoms with Crippen LogP contribution in [0.5, 0.6) is 0 Å². The predicted molar refractivity (Wildman–Crippen MR) is 104 cm³/mol. The van der Waals surface area contributed by atoms with Gasteiger partial charge in [0.25, 0.3) is 17.7 Å². The van der Waals surface area contributed by atoms with Crippen LogP contribution in [0.15, 0.2) is 48.5 Å². The third-order valence-electron chi connectivity index (χ3n) is 5.52. The fourth-order valence-electron chi connectivity index (χ4n) is 3.73. The first-order valence-electron chi connectivity index (χ1n) is 9.52. The van der Waals surface area contributed by atoms with Gasteiger partial charge in [0, 0.05) is 18.2 Å². The average Bonchev–Trinajstić information content (AvgIpc) is 2.93. The van der Waals surface area contributed by atoms with Gasteiger partial charge in [-0.2, -0.15) is 0 Å². The highest BCUT2D eigenvalue weighted by atomic mass is 16.4. The lowest BCUT2D eigenvalue weighted by Crippen LogP contribution is -2.46. The van der Waals surface area contributed by atoms with Gasteiger partial charge in [-0.05, 0) is 43.0 Å². The second-order valence-electron chi connectivity index (χ2n) is 7.43. The van der Waals surface area contributed by atoms with E-state index in [0.29, 0.717) is 24.8 Å². The van der Waals surface area contributed by atoms with Crippen LogP contribution in [0, 0.1) is 5.92 Å². The molecule has 0 radical (unpaired) electrons. The molecule has 2 aromatic carbocycles. The van der Waals surface area contributed by atoms with Crippen LogP contribution < -0.4 is 5.32 Å². The standard InChI is InChI=1S/C22H20N2O5/c25-19(23-16-10-15(11-16)22(28)29)14-6-7-17-18(12-14)21(27)24(20(17)26)9-8-13-4-2-1-3-5-13/h1-7,12,15-16H,8-11H2,(H,23,25)(H,28,29). The molecule has 1 fully saturated rings. The molecule has 0 unspecified atom stereocenters. The van der Waals surface area contributed by atoms with Gasteiger partial charge < -0.3 is 10.4 Å². The maximum absolute atomic E-state index is 12.7. The number of fused-ring (bicyclic) bond motifs is 1.